The van der Waals surface area contributed by atoms with Crippen molar-refractivity contribution in [1.29, 1.82) is 0 Å². The van der Waals surface area contributed by atoms with Crippen LogP contribution in [0, 0.1) is 5.92 Å². The number of nitrogens with one attached hydrogen (secondary N) is 1. The molecule has 0 saturated heterocycles. The van der Waals surface area contributed by atoms with Crippen LogP contribution in [-0.2, 0) is 0 Å². The summed E-state index contributed by atoms with van der Waals surface area (Å²) in [5, 5.41) is 3.22. The Balaban J connectivity index is 1.62. The van der Waals surface area contributed by atoms with Gasteiger partial charge in [0.15, 0.2) is 5.96 Å². The Morgan fingerprint density at radius 3 is 2.64 bits per heavy atom. The summed E-state index contributed by atoms with van der Waals surface area (Å²) < 4.78 is 0. The highest BCUT2D eigenvalue weighted by Gasteiger charge is 2.18. The molecule has 1 atom stereocenters. The van der Waals surface area contributed by atoms with Gasteiger partial charge in [-0.15, -0.1) is 0 Å². The standard InChI is InChI=1S/C11H21N3/c12-11-13-8-10(14-11)7-6-9-4-2-1-3-5-9/h9-10H,1-8H2,(H3,12,13,14). The number of guanidine groups is 1. The molecule has 0 aromatic carbocycles. The smallest absolute Gasteiger partial charge is 0.188 e. The molecule has 3 nitrogen and oxygen atoms in total. The van der Waals surface area contributed by atoms with Crippen molar-refractivity contribution in [3.63, 3.8) is 0 Å². The van der Waals surface area contributed by atoms with E-state index in [0.29, 0.717) is 12.0 Å². The molecule has 0 amide bonds. The summed E-state index contributed by atoms with van der Waals surface area (Å²) in [6.45, 7) is 0.887. The monoisotopic (exact) mass is 195 g/mol. The van der Waals surface area contributed by atoms with Gasteiger partial charge in [0.05, 0.1) is 6.54 Å². The van der Waals surface area contributed by atoms with E-state index in [1.165, 1.54) is 44.9 Å². The lowest BCUT2D eigenvalue weighted by atomic mass is 9.85. The molecule has 0 aromatic rings. The number of hydrogen-bond acceptors (Lipinski definition) is 3. The first-order valence-electron chi connectivity index (χ1n) is 5.91. The average Bonchev–Trinajstić information content (AvgIpc) is 2.63. The predicted octanol–water partition coefficient (Wildman–Crippen LogP) is 1.63. The third kappa shape index (κ3) is 2.63. The Bertz CT molecular complexity index is 205. The molecule has 1 fully saturated rings. The maximum Gasteiger partial charge on any atom is 0.188 e. The van der Waals surface area contributed by atoms with Crippen LogP contribution in [-0.4, -0.2) is 18.5 Å². The normalized spacial score (nSPS) is 28.6. The van der Waals surface area contributed by atoms with Gasteiger partial charge in [-0.1, -0.05) is 32.1 Å². The van der Waals surface area contributed by atoms with Gasteiger partial charge >= 0.3 is 0 Å². The zero-order valence-electron chi connectivity index (χ0n) is 8.84. The summed E-state index contributed by atoms with van der Waals surface area (Å²) >= 11 is 0. The molecule has 2 aliphatic rings. The van der Waals surface area contributed by atoms with Crippen molar-refractivity contribution in [2.75, 3.05) is 6.54 Å². The summed E-state index contributed by atoms with van der Waals surface area (Å²) in [7, 11) is 0. The molecule has 0 aromatic heterocycles. The molecule has 80 valence electrons. The lowest BCUT2D eigenvalue weighted by molar-refractivity contribution is 0.322. The van der Waals surface area contributed by atoms with E-state index in [1.807, 2.05) is 0 Å². The Morgan fingerprint density at radius 2 is 2.00 bits per heavy atom. The fourth-order valence-electron chi connectivity index (χ4n) is 2.59. The van der Waals surface area contributed by atoms with Crippen LogP contribution in [0.15, 0.2) is 4.99 Å². The van der Waals surface area contributed by atoms with E-state index in [4.69, 9.17) is 5.73 Å². The van der Waals surface area contributed by atoms with Crippen molar-refractivity contribution < 1.29 is 0 Å². The quantitative estimate of drug-likeness (QED) is 0.719. The summed E-state index contributed by atoms with van der Waals surface area (Å²) in [6, 6.07) is 0.525. The number of hydrogen-bond donors (Lipinski definition) is 2. The molecule has 0 radical (unpaired) electrons. The summed E-state index contributed by atoms with van der Waals surface area (Å²) in [5.41, 5.74) is 5.57. The Labute approximate surface area is 86.2 Å². The SMILES string of the molecule is NC1=NCC(CCC2CCCCC2)N1. The molecular formula is C11H21N3. The second kappa shape index (κ2) is 4.67. The molecule has 1 aliphatic carbocycles. The van der Waals surface area contributed by atoms with E-state index in [9.17, 15) is 0 Å². The topological polar surface area (TPSA) is 50.4 Å². The van der Waals surface area contributed by atoms with Gasteiger partial charge in [-0.2, -0.15) is 0 Å². The first kappa shape index (κ1) is 9.81. The molecule has 1 saturated carbocycles. The minimum absolute atomic E-state index is 0.525. The van der Waals surface area contributed by atoms with Gasteiger partial charge in [-0.3, -0.25) is 4.99 Å². The van der Waals surface area contributed by atoms with Gasteiger partial charge < -0.3 is 11.1 Å². The molecule has 3 N–H and O–H groups in total. The second-order valence-corrected chi connectivity index (χ2v) is 4.65. The third-order valence-electron chi connectivity index (χ3n) is 3.48. The van der Waals surface area contributed by atoms with Crippen LogP contribution in [0.5, 0.6) is 0 Å². The summed E-state index contributed by atoms with van der Waals surface area (Å²) in [5.74, 6) is 1.62. The first-order valence-corrected chi connectivity index (χ1v) is 5.91. The highest BCUT2D eigenvalue weighted by molar-refractivity contribution is 5.79. The largest absolute Gasteiger partial charge is 0.370 e. The van der Waals surface area contributed by atoms with Crippen molar-refractivity contribution in [3.05, 3.63) is 0 Å². The molecule has 1 aliphatic heterocycles. The van der Waals surface area contributed by atoms with Gasteiger partial charge in [-0.25, -0.2) is 0 Å². The molecular weight excluding hydrogens is 174 g/mol. The molecule has 0 bridgehead atoms. The van der Waals surface area contributed by atoms with Crippen LogP contribution in [0.25, 0.3) is 0 Å². The van der Waals surface area contributed by atoms with Crippen molar-refractivity contribution in [2.45, 2.75) is 51.0 Å². The first-order chi connectivity index (χ1) is 6.84. The van der Waals surface area contributed by atoms with Gasteiger partial charge in [0.25, 0.3) is 0 Å². The van der Waals surface area contributed by atoms with Gasteiger partial charge in [0, 0.05) is 6.04 Å². The Hall–Kier alpha value is -0.730. The molecule has 14 heavy (non-hydrogen) atoms. The van der Waals surface area contributed by atoms with Crippen molar-refractivity contribution >= 4 is 5.96 Å². The zero-order chi connectivity index (χ0) is 9.80. The predicted molar refractivity (Wildman–Crippen MR) is 59.2 cm³/mol. The van der Waals surface area contributed by atoms with E-state index < -0.39 is 0 Å². The summed E-state index contributed by atoms with van der Waals surface area (Å²) in [4.78, 5) is 4.16. The van der Waals surface area contributed by atoms with Gasteiger partial charge in [0.1, 0.15) is 0 Å². The van der Waals surface area contributed by atoms with Crippen molar-refractivity contribution in [1.82, 2.24) is 5.32 Å². The fourth-order valence-corrected chi connectivity index (χ4v) is 2.59. The highest BCUT2D eigenvalue weighted by atomic mass is 15.2. The number of aliphatic imine (C=N–C) groups is 1. The zero-order valence-corrected chi connectivity index (χ0v) is 8.84. The molecule has 1 heterocycles. The van der Waals surface area contributed by atoms with Crippen LogP contribution in [0.2, 0.25) is 0 Å². The molecule has 1 unspecified atom stereocenters. The van der Waals surface area contributed by atoms with E-state index in [2.05, 4.69) is 10.3 Å². The highest BCUT2D eigenvalue weighted by Crippen LogP contribution is 2.27. The van der Waals surface area contributed by atoms with E-state index in [1.54, 1.807) is 0 Å². The minimum Gasteiger partial charge on any atom is -0.370 e. The maximum atomic E-state index is 5.57. The van der Waals surface area contributed by atoms with Crippen LogP contribution >= 0.6 is 0 Å². The minimum atomic E-state index is 0.525. The van der Waals surface area contributed by atoms with Crippen molar-refractivity contribution in [3.8, 4) is 0 Å². The Morgan fingerprint density at radius 1 is 1.21 bits per heavy atom. The average molecular weight is 195 g/mol. The second-order valence-electron chi connectivity index (χ2n) is 4.65. The Kier molecular flexibility index (Phi) is 3.27. The van der Waals surface area contributed by atoms with E-state index >= 15 is 0 Å². The lowest BCUT2D eigenvalue weighted by Gasteiger charge is -2.22. The number of rotatable bonds is 3. The lowest BCUT2D eigenvalue weighted by Crippen LogP contribution is -2.35. The molecule has 2 rings (SSSR count). The number of nitrogens with zero attached hydrogens (tertiary/aromatic N) is 1. The van der Waals surface area contributed by atoms with Crippen molar-refractivity contribution in [2.24, 2.45) is 16.6 Å². The molecule has 3 heteroatoms. The fraction of sp³-hybridized carbons (Fsp3) is 0.909. The van der Waals surface area contributed by atoms with Crippen LogP contribution in [0.4, 0.5) is 0 Å². The van der Waals surface area contributed by atoms with Crippen LogP contribution < -0.4 is 11.1 Å². The van der Waals surface area contributed by atoms with E-state index in [0.717, 1.165) is 12.5 Å². The number of nitrogens with two attached hydrogens (primary N) is 1. The third-order valence-corrected chi connectivity index (χ3v) is 3.48. The molecule has 0 spiro atoms. The van der Waals surface area contributed by atoms with Crippen LogP contribution in [0.3, 0.4) is 0 Å². The summed E-state index contributed by atoms with van der Waals surface area (Å²) in [6.07, 6.45) is 9.85. The van der Waals surface area contributed by atoms with Gasteiger partial charge in [-0.05, 0) is 18.8 Å². The van der Waals surface area contributed by atoms with E-state index in [-0.39, 0.29) is 0 Å². The maximum absolute atomic E-state index is 5.57. The van der Waals surface area contributed by atoms with Crippen LogP contribution in [0.1, 0.15) is 44.9 Å². The van der Waals surface area contributed by atoms with Gasteiger partial charge in [0.2, 0.25) is 0 Å².